The number of hydrogen-bond donors (Lipinski definition) is 0. The maximum absolute atomic E-state index is 12.0. The molecule has 0 unspecified atom stereocenters. The first-order chi connectivity index (χ1) is 8.15. The number of hydrogen-bond acceptors (Lipinski definition) is 3. The number of aromatic nitrogens is 1. The van der Waals surface area contributed by atoms with Crippen LogP contribution in [0.15, 0.2) is 29.6 Å². The summed E-state index contributed by atoms with van der Waals surface area (Å²) in [6, 6.07) is 7.82. The third-order valence-corrected chi connectivity index (χ3v) is 3.52. The molecule has 0 amide bonds. The van der Waals surface area contributed by atoms with E-state index in [1.807, 2.05) is 37.4 Å². The fraction of sp³-hybridized carbons (Fsp3) is 0.286. The third-order valence-electron chi connectivity index (χ3n) is 2.58. The first-order valence-electron chi connectivity index (χ1n) is 5.66. The lowest BCUT2D eigenvalue weighted by molar-refractivity contribution is 0.0983. The minimum Gasteiger partial charge on any atom is -0.294 e. The van der Waals surface area contributed by atoms with E-state index in [1.165, 1.54) is 4.88 Å². The summed E-state index contributed by atoms with van der Waals surface area (Å²) in [5.74, 6) is 0.201. The zero-order valence-electron chi connectivity index (χ0n) is 10.1. The van der Waals surface area contributed by atoms with Gasteiger partial charge in [0.1, 0.15) is 0 Å². The molecule has 0 aliphatic carbocycles. The Kier molecular flexibility index (Phi) is 3.69. The summed E-state index contributed by atoms with van der Waals surface area (Å²) in [7, 11) is 0. The summed E-state index contributed by atoms with van der Waals surface area (Å²) < 4.78 is 0. The van der Waals surface area contributed by atoms with Gasteiger partial charge in [-0.25, -0.2) is 0 Å². The molecule has 0 fully saturated rings. The van der Waals surface area contributed by atoms with E-state index < -0.39 is 0 Å². The zero-order valence-corrected chi connectivity index (χ0v) is 10.9. The number of pyridine rings is 1. The van der Waals surface area contributed by atoms with Crippen molar-refractivity contribution < 1.29 is 4.79 Å². The number of rotatable bonds is 4. The summed E-state index contributed by atoms with van der Waals surface area (Å²) in [4.78, 5) is 17.6. The first-order valence-corrected chi connectivity index (χ1v) is 6.54. The predicted octanol–water partition coefficient (Wildman–Crippen LogP) is 3.58. The number of carbonyl (C=O) groups is 1. The quantitative estimate of drug-likeness (QED) is 0.771. The molecule has 2 rings (SSSR count). The average Bonchev–Trinajstić information content (AvgIpc) is 2.77. The Balaban J connectivity index is 2.04. The van der Waals surface area contributed by atoms with Crippen molar-refractivity contribution in [3.05, 3.63) is 51.5 Å². The summed E-state index contributed by atoms with van der Waals surface area (Å²) in [5.41, 5.74) is 2.60. The third kappa shape index (κ3) is 3.24. The number of thiophene rings is 1. The topological polar surface area (TPSA) is 30.0 Å². The van der Waals surface area contributed by atoms with Gasteiger partial charge in [-0.05, 0) is 43.8 Å². The van der Waals surface area contributed by atoms with Crippen molar-refractivity contribution in [1.29, 1.82) is 0 Å². The minimum absolute atomic E-state index is 0.201. The van der Waals surface area contributed by atoms with E-state index in [9.17, 15) is 4.79 Å². The molecule has 3 heteroatoms. The molecule has 2 aromatic rings. The van der Waals surface area contributed by atoms with Crippen molar-refractivity contribution in [3.63, 3.8) is 0 Å². The molecule has 0 N–H and O–H groups in total. The Bertz CT molecular complexity index is 497. The number of carbonyl (C=O) groups excluding carboxylic acids is 1. The van der Waals surface area contributed by atoms with Crippen molar-refractivity contribution in [2.45, 2.75) is 26.7 Å². The molecule has 2 heterocycles. The lowest BCUT2D eigenvalue weighted by Gasteiger charge is -2.03. The lowest BCUT2D eigenvalue weighted by atomic mass is 10.1. The number of ketones is 1. The molecule has 0 saturated carbocycles. The van der Waals surface area contributed by atoms with E-state index in [0.29, 0.717) is 6.42 Å². The number of Topliss-reactive ketones (excluding diaryl/α,β-unsaturated/α-hetero) is 1. The van der Waals surface area contributed by atoms with E-state index in [0.717, 1.165) is 23.4 Å². The predicted molar refractivity (Wildman–Crippen MR) is 70.7 cm³/mol. The van der Waals surface area contributed by atoms with Crippen LogP contribution in [0.5, 0.6) is 0 Å². The largest absolute Gasteiger partial charge is 0.294 e. The molecule has 0 saturated heterocycles. The number of aryl methyl sites for hydroxylation is 3. The molecule has 0 aromatic carbocycles. The van der Waals surface area contributed by atoms with Crippen LogP contribution in [0.3, 0.4) is 0 Å². The van der Waals surface area contributed by atoms with Crippen LogP contribution in [0.4, 0.5) is 0 Å². The monoisotopic (exact) mass is 245 g/mol. The van der Waals surface area contributed by atoms with Gasteiger partial charge in [0, 0.05) is 28.2 Å². The smallest absolute Gasteiger partial charge is 0.163 e. The van der Waals surface area contributed by atoms with Crippen LogP contribution in [0.25, 0.3) is 0 Å². The molecule has 2 nitrogen and oxygen atoms in total. The van der Waals surface area contributed by atoms with Crippen molar-refractivity contribution >= 4 is 17.1 Å². The van der Waals surface area contributed by atoms with Crippen molar-refractivity contribution in [3.8, 4) is 0 Å². The SMILES string of the molecule is Cc1cc(C(=O)CCc2cccs2)cc(C)n1. The maximum Gasteiger partial charge on any atom is 0.163 e. The van der Waals surface area contributed by atoms with Crippen molar-refractivity contribution in [2.75, 3.05) is 0 Å². The molecule has 2 aromatic heterocycles. The molecule has 17 heavy (non-hydrogen) atoms. The molecule has 0 aliphatic heterocycles. The van der Waals surface area contributed by atoms with E-state index in [2.05, 4.69) is 11.1 Å². The lowest BCUT2D eigenvalue weighted by Crippen LogP contribution is -2.02. The molecule has 0 bridgehead atoms. The Morgan fingerprint density at radius 2 is 2.00 bits per heavy atom. The van der Waals surface area contributed by atoms with Crippen LogP contribution in [0.2, 0.25) is 0 Å². The highest BCUT2D eigenvalue weighted by Gasteiger charge is 2.08. The molecule has 0 spiro atoms. The van der Waals surface area contributed by atoms with Gasteiger partial charge in [-0.3, -0.25) is 9.78 Å². The molecule has 0 radical (unpaired) electrons. The Hall–Kier alpha value is -1.48. The second kappa shape index (κ2) is 5.23. The molecular weight excluding hydrogens is 230 g/mol. The van der Waals surface area contributed by atoms with Gasteiger partial charge in [0.2, 0.25) is 0 Å². The highest BCUT2D eigenvalue weighted by atomic mass is 32.1. The molecule has 0 aliphatic rings. The van der Waals surface area contributed by atoms with Crippen LogP contribution in [0, 0.1) is 13.8 Å². The average molecular weight is 245 g/mol. The van der Waals surface area contributed by atoms with Gasteiger partial charge in [0.05, 0.1) is 0 Å². The first kappa shape index (κ1) is 12.0. The second-order valence-corrected chi connectivity index (χ2v) is 5.17. The van der Waals surface area contributed by atoms with Crippen LogP contribution in [-0.4, -0.2) is 10.8 Å². The normalized spacial score (nSPS) is 10.5. The van der Waals surface area contributed by atoms with Crippen LogP contribution >= 0.6 is 11.3 Å². The van der Waals surface area contributed by atoms with Crippen LogP contribution in [0.1, 0.15) is 33.0 Å². The van der Waals surface area contributed by atoms with Gasteiger partial charge in [0.25, 0.3) is 0 Å². The van der Waals surface area contributed by atoms with Gasteiger partial charge in [-0.2, -0.15) is 0 Å². The van der Waals surface area contributed by atoms with Crippen molar-refractivity contribution in [1.82, 2.24) is 4.98 Å². The minimum atomic E-state index is 0.201. The second-order valence-electron chi connectivity index (χ2n) is 4.14. The summed E-state index contributed by atoms with van der Waals surface area (Å²) in [5, 5.41) is 2.04. The van der Waals surface area contributed by atoms with E-state index in [4.69, 9.17) is 0 Å². The van der Waals surface area contributed by atoms with Crippen molar-refractivity contribution in [2.24, 2.45) is 0 Å². The number of nitrogens with zero attached hydrogens (tertiary/aromatic N) is 1. The van der Waals surface area contributed by atoms with Crippen LogP contribution in [-0.2, 0) is 6.42 Å². The van der Waals surface area contributed by atoms with Gasteiger partial charge >= 0.3 is 0 Å². The van der Waals surface area contributed by atoms with Crippen LogP contribution < -0.4 is 0 Å². The molecule has 0 atom stereocenters. The summed E-state index contributed by atoms with van der Waals surface area (Å²) in [6.45, 7) is 3.84. The van der Waals surface area contributed by atoms with Gasteiger partial charge in [0.15, 0.2) is 5.78 Å². The fourth-order valence-corrected chi connectivity index (χ4v) is 2.54. The highest BCUT2D eigenvalue weighted by Crippen LogP contribution is 2.14. The standard InChI is InChI=1S/C14H15NOS/c1-10-8-12(9-11(2)15-10)14(16)6-5-13-4-3-7-17-13/h3-4,7-9H,5-6H2,1-2H3. The van der Waals surface area contributed by atoms with E-state index in [-0.39, 0.29) is 5.78 Å². The molecule has 88 valence electrons. The van der Waals surface area contributed by atoms with Gasteiger partial charge in [-0.1, -0.05) is 6.07 Å². The Morgan fingerprint density at radius 1 is 1.29 bits per heavy atom. The fourth-order valence-electron chi connectivity index (χ4n) is 1.83. The highest BCUT2D eigenvalue weighted by molar-refractivity contribution is 7.09. The Labute approximate surface area is 105 Å². The summed E-state index contributed by atoms with van der Waals surface area (Å²) in [6.07, 6.45) is 1.40. The summed E-state index contributed by atoms with van der Waals surface area (Å²) >= 11 is 1.70. The van der Waals surface area contributed by atoms with E-state index in [1.54, 1.807) is 11.3 Å². The Morgan fingerprint density at radius 3 is 2.59 bits per heavy atom. The molecular formula is C14H15NOS. The van der Waals surface area contributed by atoms with Gasteiger partial charge in [-0.15, -0.1) is 11.3 Å². The van der Waals surface area contributed by atoms with E-state index >= 15 is 0 Å². The maximum atomic E-state index is 12.0. The zero-order chi connectivity index (χ0) is 12.3. The van der Waals surface area contributed by atoms with Gasteiger partial charge < -0.3 is 0 Å².